The van der Waals surface area contributed by atoms with Crippen molar-refractivity contribution >= 4 is 26.7 Å². The van der Waals surface area contributed by atoms with Gasteiger partial charge < -0.3 is 14.8 Å². The molecule has 33 heavy (non-hydrogen) atoms. The fourth-order valence-corrected chi connectivity index (χ4v) is 3.67. The van der Waals surface area contributed by atoms with E-state index in [2.05, 4.69) is 15.3 Å². The van der Waals surface area contributed by atoms with Gasteiger partial charge in [-0.05, 0) is 26.0 Å². The highest BCUT2D eigenvalue weighted by molar-refractivity contribution is 7.89. The van der Waals surface area contributed by atoms with Crippen molar-refractivity contribution in [2.45, 2.75) is 30.6 Å². The number of aromatic nitrogens is 2. The van der Waals surface area contributed by atoms with Crippen LogP contribution in [0.25, 0.3) is 10.9 Å². The molecule has 1 heterocycles. The molecule has 178 valence electrons. The van der Waals surface area contributed by atoms with Crippen molar-refractivity contribution in [2.24, 2.45) is 0 Å². The number of rotatable bonds is 9. The highest BCUT2D eigenvalue weighted by Crippen LogP contribution is 2.39. The highest BCUT2D eigenvalue weighted by atomic mass is 32.2. The summed E-state index contributed by atoms with van der Waals surface area (Å²) < 4.78 is 77.6. The lowest BCUT2D eigenvalue weighted by Gasteiger charge is -2.32. The molecule has 0 fully saturated rings. The van der Waals surface area contributed by atoms with Crippen LogP contribution in [0.2, 0.25) is 0 Å². The average Bonchev–Trinajstić information content (AvgIpc) is 2.77. The van der Waals surface area contributed by atoms with Gasteiger partial charge in [0.15, 0.2) is 0 Å². The first kappa shape index (κ1) is 24.5. The summed E-state index contributed by atoms with van der Waals surface area (Å²) in [5, 5.41) is 2.28. The van der Waals surface area contributed by atoms with Gasteiger partial charge in [0.25, 0.3) is 15.7 Å². The predicted molar refractivity (Wildman–Crippen MR) is 113 cm³/mol. The summed E-state index contributed by atoms with van der Waals surface area (Å²) in [5.41, 5.74) is -2.97. The van der Waals surface area contributed by atoms with Crippen molar-refractivity contribution in [2.75, 3.05) is 19.0 Å². The zero-order valence-electron chi connectivity index (χ0n) is 17.8. The zero-order chi connectivity index (χ0) is 24.3. The fourth-order valence-electron chi connectivity index (χ4n) is 2.78. The fraction of sp³-hybridized carbons (Fsp3) is 0.300. The molecule has 0 amide bonds. The van der Waals surface area contributed by atoms with Crippen molar-refractivity contribution in [1.82, 2.24) is 14.9 Å². The van der Waals surface area contributed by atoms with E-state index in [9.17, 15) is 21.6 Å². The third-order valence-electron chi connectivity index (χ3n) is 4.52. The van der Waals surface area contributed by atoms with Crippen LogP contribution in [0, 0.1) is 0 Å². The molecule has 0 spiro atoms. The number of hydrogen-bond acceptors (Lipinski definition) is 8. The number of alkyl halides is 3. The molecule has 0 bridgehead atoms. The first-order valence-electron chi connectivity index (χ1n) is 9.56. The smallest absolute Gasteiger partial charge is 0.438 e. The van der Waals surface area contributed by atoms with Crippen molar-refractivity contribution in [1.29, 1.82) is 0 Å². The second kappa shape index (κ2) is 9.37. The minimum atomic E-state index is -5.07. The van der Waals surface area contributed by atoms with Crippen molar-refractivity contribution < 1.29 is 35.9 Å². The van der Waals surface area contributed by atoms with Crippen LogP contribution < -0.4 is 19.7 Å². The molecule has 13 heteroatoms. The maximum absolute atomic E-state index is 14.0. The third kappa shape index (κ3) is 5.26. The maximum atomic E-state index is 14.0. The Bertz CT molecular complexity index is 1230. The van der Waals surface area contributed by atoms with Gasteiger partial charge in [0.1, 0.15) is 23.6 Å². The Labute approximate surface area is 187 Å². The lowest BCUT2D eigenvalue weighted by atomic mass is 10.1. The molecule has 0 aliphatic carbocycles. The van der Waals surface area contributed by atoms with Gasteiger partial charge in [0, 0.05) is 12.1 Å². The number of halogens is 3. The molecule has 0 saturated carbocycles. The third-order valence-corrected chi connectivity index (χ3v) is 5.71. The Morgan fingerprint density at radius 2 is 1.79 bits per heavy atom. The Kier molecular flexibility index (Phi) is 6.95. The number of benzene rings is 2. The monoisotopic (exact) mass is 486 g/mol. The van der Waals surface area contributed by atoms with Gasteiger partial charge in [-0.1, -0.05) is 23.1 Å². The predicted octanol–water partition coefficient (Wildman–Crippen LogP) is 3.64. The molecule has 9 nitrogen and oxygen atoms in total. The van der Waals surface area contributed by atoms with Crippen LogP contribution in [0.15, 0.2) is 53.7 Å². The number of fused-ring (bicyclic) bond motifs is 1. The van der Waals surface area contributed by atoms with Crippen molar-refractivity contribution in [3.05, 3.63) is 48.8 Å². The molecular formula is C20H21F3N4O5S. The molecule has 1 unspecified atom stereocenters. The van der Waals surface area contributed by atoms with Gasteiger partial charge in [-0.2, -0.15) is 13.2 Å². The van der Waals surface area contributed by atoms with E-state index in [-0.39, 0.29) is 34.0 Å². The maximum Gasteiger partial charge on any atom is 0.438 e. The molecule has 2 aromatic carbocycles. The van der Waals surface area contributed by atoms with Crippen LogP contribution >= 0.6 is 0 Å². The number of hydrogen-bond donors (Lipinski definition) is 2. The Morgan fingerprint density at radius 1 is 1.09 bits per heavy atom. The van der Waals surface area contributed by atoms with Gasteiger partial charge >= 0.3 is 6.18 Å². The van der Waals surface area contributed by atoms with Crippen LogP contribution in [0.1, 0.15) is 13.8 Å². The first-order chi connectivity index (χ1) is 15.5. The number of methoxy groups -OCH3 is 1. The van der Waals surface area contributed by atoms with Crippen LogP contribution in [0.4, 0.5) is 19.0 Å². The second-order valence-electron chi connectivity index (χ2n) is 6.83. The molecule has 3 aromatic rings. The van der Waals surface area contributed by atoms with Crippen LogP contribution in [-0.4, -0.2) is 44.0 Å². The van der Waals surface area contributed by atoms with E-state index in [1.165, 1.54) is 43.5 Å². The molecule has 0 aliphatic rings. The number of ether oxygens (including phenoxy) is 2. The summed E-state index contributed by atoms with van der Waals surface area (Å²) in [4.78, 5) is 14.0. The van der Waals surface area contributed by atoms with Gasteiger partial charge in [-0.15, -0.1) is 0 Å². The summed E-state index contributed by atoms with van der Waals surface area (Å²) >= 11 is 0. The van der Waals surface area contributed by atoms with E-state index in [1.54, 1.807) is 17.9 Å². The Hall–Kier alpha value is -3.16. The lowest BCUT2D eigenvalue weighted by Crippen LogP contribution is -2.55. The van der Waals surface area contributed by atoms with Gasteiger partial charge in [0.2, 0.25) is 0 Å². The van der Waals surface area contributed by atoms with Crippen molar-refractivity contribution in [3.8, 4) is 11.5 Å². The quantitative estimate of drug-likeness (QED) is 0.348. The minimum Gasteiger partial charge on any atom is -0.497 e. The largest absolute Gasteiger partial charge is 0.497 e. The SMILES string of the molecule is CCOc1cc(OC)cc2ncnc(NC(C)(ONS(=O)(=O)c3ccccc3)C(F)(F)F)c12. The minimum absolute atomic E-state index is 0.130. The molecule has 0 aliphatic heterocycles. The first-order valence-corrected chi connectivity index (χ1v) is 11.0. The Balaban J connectivity index is 2.01. The summed E-state index contributed by atoms with van der Waals surface area (Å²) in [6.07, 6.45) is -4.02. The molecule has 2 N–H and O–H groups in total. The molecule has 1 atom stereocenters. The van der Waals surface area contributed by atoms with E-state index < -0.39 is 21.9 Å². The molecular weight excluding hydrogens is 465 g/mol. The Morgan fingerprint density at radius 3 is 2.39 bits per heavy atom. The van der Waals surface area contributed by atoms with E-state index in [0.29, 0.717) is 12.7 Å². The van der Waals surface area contributed by atoms with E-state index in [4.69, 9.17) is 14.3 Å². The number of nitrogens with zero attached hydrogens (tertiary/aromatic N) is 2. The van der Waals surface area contributed by atoms with Crippen LogP contribution in [0.5, 0.6) is 11.5 Å². The summed E-state index contributed by atoms with van der Waals surface area (Å²) in [5.74, 6) is 0.259. The highest BCUT2D eigenvalue weighted by Gasteiger charge is 2.55. The standard InChI is InChI=1S/C20H21F3N4O5S/c1-4-31-16-11-13(30-3)10-15-17(16)18(25-12-24-15)26-19(2,20(21,22)23)32-27-33(28,29)14-8-6-5-7-9-14/h5-12,27H,4H2,1-3H3,(H,24,25,26). The number of nitrogens with one attached hydrogen (secondary N) is 2. The number of anilines is 1. The van der Waals surface area contributed by atoms with E-state index >= 15 is 0 Å². The van der Waals surface area contributed by atoms with Gasteiger partial charge in [-0.3, -0.25) is 0 Å². The van der Waals surface area contributed by atoms with Crippen LogP contribution in [-0.2, 0) is 14.9 Å². The lowest BCUT2D eigenvalue weighted by molar-refractivity contribution is -0.268. The van der Waals surface area contributed by atoms with Gasteiger partial charge in [0.05, 0.1) is 29.5 Å². The van der Waals surface area contributed by atoms with E-state index in [1.807, 2.05) is 0 Å². The molecule has 0 saturated heterocycles. The molecule has 1 aromatic heterocycles. The molecule has 3 rings (SSSR count). The van der Waals surface area contributed by atoms with E-state index in [0.717, 1.165) is 6.33 Å². The topological polar surface area (TPSA) is 112 Å². The zero-order valence-corrected chi connectivity index (χ0v) is 18.6. The second-order valence-corrected chi connectivity index (χ2v) is 8.48. The van der Waals surface area contributed by atoms with Gasteiger partial charge in [-0.25, -0.2) is 23.2 Å². The normalized spacial score (nSPS) is 14.0. The van der Waals surface area contributed by atoms with Crippen molar-refractivity contribution in [3.63, 3.8) is 0 Å². The molecule has 0 radical (unpaired) electrons. The summed E-state index contributed by atoms with van der Waals surface area (Å²) in [6.45, 7) is 2.53. The number of sulfonamides is 1. The summed E-state index contributed by atoms with van der Waals surface area (Å²) in [6, 6.07) is 9.80. The summed E-state index contributed by atoms with van der Waals surface area (Å²) in [7, 11) is -2.98. The van der Waals surface area contributed by atoms with Crippen LogP contribution in [0.3, 0.4) is 0 Å². The average molecular weight is 486 g/mol.